The molecule has 196 valence electrons. The minimum absolute atomic E-state index is 0.0671. The maximum atomic E-state index is 10.7. The maximum absolute atomic E-state index is 10.7. The van der Waals surface area contributed by atoms with Crippen molar-refractivity contribution in [2.75, 3.05) is 21.1 Å². The first-order valence-electron chi connectivity index (χ1n) is 12.6. The van der Waals surface area contributed by atoms with Gasteiger partial charge in [0.05, 0.1) is 32.7 Å². The first-order chi connectivity index (χ1) is 16.8. The smallest absolute Gasteiger partial charge is 0.339 e. The lowest BCUT2D eigenvalue weighted by atomic mass is 9.47. The molecule has 2 aromatic rings. The third-order valence-corrected chi connectivity index (χ3v) is 8.39. The van der Waals surface area contributed by atoms with Crippen molar-refractivity contribution in [2.45, 2.75) is 51.5 Å². The number of hydrogen-bond acceptors (Lipinski definition) is 4. The first kappa shape index (κ1) is 27.5. The molecular formula is C29H39NO6. The Hall–Kier alpha value is -3.06. The molecule has 0 radical (unpaired) electrons. The molecule has 4 aliphatic rings. The van der Waals surface area contributed by atoms with Crippen LogP contribution < -0.4 is 5.11 Å². The molecule has 4 aliphatic carbocycles. The highest BCUT2D eigenvalue weighted by Gasteiger charge is 2.56. The van der Waals surface area contributed by atoms with Crippen LogP contribution in [0.25, 0.3) is 0 Å². The van der Waals surface area contributed by atoms with Gasteiger partial charge in [-0.15, -0.1) is 0 Å². The van der Waals surface area contributed by atoms with Crippen LogP contribution in [0.3, 0.4) is 0 Å². The van der Waals surface area contributed by atoms with Crippen LogP contribution in [0, 0.1) is 23.2 Å². The summed E-state index contributed by atoms with van der Waals surface area (Å²) in [6, 6.07) is 12.2. The van der Waals surface area contributed by atoms with Gasteiger partial charge in [-0.25, -0.2) is 9.59 Å². The number of hydrogen-bond donors (Lipinski definition) is 3. The average Bonchev–Trinajstić information content (AvgIpc) is 2.78. The molecule has 7 nitrogen and oxygen atoms in total. The molecule has 0 heterocycles. The van der Waals surface area contributed by atoms with E-state index in [2.05, 4.69) is 28.1 Å². The first-order valence-corrected chi connectivity index (χ1v) is 12.6. The van der Waals surface area contributed by atoms with Crippen molar-refractivity contribution in [3.05, 3.63) is 59.7 Å². The minimum atomic E-state index is -1.18. The van der Waals surface area contributed by atoms with Gasteiger partial charge in [-0.1, -0.05) is 36.1 Å². The molecule has 0 spiro atoms. The number of carbonyl (C=O) groups is 2. The lowest BCUT2D eigenvalue weighted by Crippen LogP contribution is -2.59. The van der Waals surface area contributed by atoms with E-state index >= 15 is 0 Å². The SMILES string of the molecule is CC(C12CC3CC(CC(C3)C1)C2)[N+](C)(C)C.O=C(O)c1ccccc1O.O=C(O)c1ccccc1[O-]. The molecule has 0 aromatic heterocycles. The topological polar surface area (TPSA) is 118 Å². The fourth-order valence-corrected chi connectivity index (χ4v) is 6.81. The summed E-state index contributed by atoms with van der Waals surface area (Å²) < 4.78 is 1.16. The predicted molar refractivity (Wildman–Crippen MR) is 136 cm³/mol. The number of carboxylic acids is 2. The molecule has 36 heavy (non-hydrogen) atoms. The maximum Gasteiger partial charge on any atom is 0.339 e. The number of rotatable bonds is 4. The summed E-state index contributed by atoms with van der Waals surface area (Å²) in [5.74, 6) is 0.356. The second-order valence-electron chi connectivity index (χ2n) is 11.7. The normalized spacial score (nSPS) is 26.6. The predicted octanol–water partition coefficient (Wildman–Crippen LogP) is 4.85. The van der Waals surface area contributed by atoms with Crippen molar-refractivity contribution < 1.29 is 34.5 Å². The van der Waals surface area contributed by atoms with Gasteiger partial charge in [-0.05, 0) is 81.4 Å². The van der Waals surface area contributed by atoms with Gasteiger partial charge in [0.25, 0.3) is 0 Å². The molecule has 2 aromatic carbocycles. The molecule has 0 amide bonds. The van der Waals surface area contributed by atoms with Crippen LogP contribution in [0.15, 0.2) is 48.5 Å². The summed E-state index contributed by atoms with van der Waals surface area (Å²) in [5, 5.41) is 36.4. The van der Waals surface area contributed by atoms with Gasteiger partial charge in [0.2, 0.25) is 0 Å². The van der Waals surface area contributed by atoms with Crippen LogP contribution in [0.1, 0.15) is 66.2 Å². The van der Waals surface area contributed by atoms with Crippen molar-refractivity contribution in [2.24, 2.45) is 23.2 Å². The summed E-state index contributed by atoms with van der Waals surface area (Å²) in [7, 11) is 7.18. The van der Waals surface area contributed by atoms with Crippen molar-refractivity contribution in [1.29, 1.82) is 0 Å². The Morgan fingerprint density at radius 2 is 1.25 bits per heavy atom. The van der Waals surface area contributed by atoms with Gasteiger partial charge in [0, 0.05) is 5.41 Å². The highest BCUT2D eigenvalue weighted by Crippen LogP contribution is 2.62. The third-order valence-electron chi connectivity index (χ3n) is 8.39. The van der Waals surface area contributed by atoms with Crippen LogP contribution >= 0.6 is 0 Å². The van der Waals surface area contributed by atoms with E-state index in [4.69, 9.17) is 15.3 Å². The molecular weight excluding hydrogens is 458 g/mol. The Labute approximate surface area is 213 Å². The standard InChI is InChI=1S/C15H28N.2C7H6O3/c1-11(16(2,3)4)15-8-12-5-13(9-15)7-14(6-12)10-15;2*8-6-4-2-1-3-5(6)7(9)10/h11-14H,5-10H2,1-4H3;2*1-4,8H,(H,9,10)/q+1;;/p-1. The molecule has 4 fully saturated rings. The largest absolute Gasteiger partial charge is 0.872 e. The van der Waals surface area contributed by atoms with Crippen LogP contribution in [0.5, 0.6) is 11.5 Å². The third kappa shape index (κ3) is 6.38. The van der Waals surface area contributed by atoms with Crippen LogP contribution in [-0.2, 0) is 0 Å². The van der Waals surface area contributed by atoms with E-state index in [9.17, 15) is 14.7 Å². The second kappa shape index (κ2) is 10.9. The Morgan fingerprint density at radius 1 is 0.833 bits per heavy atom. The molecule has 0 aliphatic heterocycles. The van der Waals surface area contributed by atoms with Gasteiger partial charge in [0.15, 0.2) is 0 Å². The van der Waals surface area contributed by atoms with Gasteiger partial charge in [-0.2, -0.15) is 0 Å². The van der Waals surface area contributed by atoms with E-state index in [0.717, 1.165) is 28.3 Å². The number of quaternary nitrogens is 1. The Bertz CT molecular complexity index is 983. The zero-order chi connectivity index (χ0) is 26.7. The minimum Gasteiger partial charge on any atom is -0.872 e. The molecule has 3 N–H and O–H groups in total. The van der Waals surface area contributed by atoms with Gasteiger partial charge >= 0.3 is 11.9 Å². The molecule has 0 saturated heterocycles. The van der Waals surface area contributed by atoms with Gasteiger partial charge in [-0.3, -0.25) is 0 Å². The van der Waals surface area contributed by atoms with Crippen molar-refractivity contribution in [3.63, 3.8) is 0 Å². The van der Waals surface area contributed by atoms with Crippen LogP contribution in [-0.4, -0.2) is 58.9 Å². The lowest BCUT2D eigenvalue weighted by Gasteiger charge is -2.60. The lowest BCUT2D eigenvalue weighted by molar-refractivity contribution is -0.903. The molecule has 6 rings (SSSR count). The zero-order valence-corrected chi connectivity index (χ0v) is 21.7. The van der Waals surface area contributed by atoms with E-state index in [1.807, 2.05) is 0 Å². The number of benzene rings is 2. The molecule has 1 atom stereocenters. The number of aromatic carboxylic acids is 2. The fourth-order valence-electron chi connectivity index (χ4n) is 6.81. The zero-order valence-electron chi connectivity index (χ0n) is 21.7. The van der Waals surface area contributed by atoms with E-state index in [-0.39, 0.29) is 16.9 Å². The monoisotopic (exact) mass is 497 g/mol. The number of carboxylic acid groups (broad SMARTS) is 2. The van der Waals surface area contributed by atoms with Crippen molar-refractivity contribution in [3.8, 4) is 11.5 Å². The Morgan fingerprint density at radius 3 is 1.58 bits per heavy atom. The Balaban J connectivity index is 0.000000159. The summed E-state index contributed by atoms with van der Waals surface area (Å²) in [6.07, 6.45) is 9.37. The Kier molecular flexibility index (Phi) is 8.34. The number of phenols is 1. The molecule has 1 unspecified atom stereocenters. The molecule has 4 bridgehead atoms. The highest BCUT2D eigenvalue weighted by atomic mass is 16.4. The summed E-state index contributed by atoms with van der Waals surface area (Å²) in [6.45, 7) is 2.52. The van der Waals surface area contributed by atoms with E-state index < -0.39 is 17.7 Å². The number of nitrogens with zero attached hydrogens (tertiary/aromatic N) is 1. The molecule has 4 saturated carbocycles. The average molecular weight is 498 g/mol. The summed E-state index contributed by atoms with van der Waals surface area (Å²) >= 11 is 0. The highest BCUT2D eigenvalue weighted by molar-refractivity contribution is 5.90. The van der Waals surface area contributed by atoms with Crippen molar-refractivity contribution in [1.82, 2.24) is 0 Å². The van der Waals surface area contributed by atoms with E-state index in [1.165, 1.54) is 36.4 Å². The van der Waals surface area contributed by atoms with Crippen LogP contribution in [0.4, 0.5) is 0 Å². The summed E-state index contributed by atoms with van der Waals surface area (Å²) in [4.78, 5) is 20.5. The van der Waals surface area contributed by atoms with E-state index in [0.29, 0.717) is 5.41 Å². The van der Waals surface area contributed by atoms with Crippen molar-refractivity contribution >= 4 is 11.9 Å². The second-order valence-corrected chi connectivity index (χ2v) is 11.7. The van der Waals surface area contributed by atoms with E-state index in [1.54, 1.807) is 50.7 Å². The summed E-state index contributed by atoms with van der Waals surface area (Å²) in [5.41, 5.74) is 0.470. The number of para-hydroxylation sites is 2. The van der Waals surface area contributed by atoms with Gasteiger partial charge < -0.3 is 24.9 Å². The number of aromatic hydroxyl groups is 1. The van der Waals surface area contributed by atoms with Crippen LogP contribution in [0.2, 0.25) is 0 Å². The quantitative estimate of drug-likeness (QED) is 0.520. The fraction of sp³-hybridized carbons (Fsp3) is 0.517. The van der Waals surface area contributed by atoms with Gasteiger partial charge in [0.1, 0.15) is 11.3 Å². The molecule has 7 heteroatoms.